The second-order valence-electron chi connectivity index (χ2n) is 7.35. The molecule has 150 valence electrons. The Morgan fingerprint density at radius 3 is 3.00 bits per heavy atom. The SMILES string of the molecule is O=C(Nc1ccc(NCC2CCCO2)c(F)c1)c1ccn(C2CCCNC2)n1. The van der Waals surface area contributed by atoms with Gasteiger partial charge >= 0.3 is 0 Å². The lowest BCUT2D eigenvalue weighted by Gasteiger charge is -2.22. The highest BCUT2D eigenvalue weighted by atomic mass is 19.1. The molecule has 1 aromatic heterocycles. The van der Waals surface area contributed by atoms with Crippen molar-refractivity contribution in [2.75, 3.05) is 36.9 Å². The first kappa shape index (κ1) is 18.9. The number of hydrogen-bond donors (Lipinski definition) is 3. The molecule has 1 aromatic carbocycles. The highest BCUT2D eigenvalue weighted by Gasteiger charge is 2.19. The topological polar surface area (TPSA) is 80.2 Å². The van der Waals surface area contributed by atoms with Crippen LogP contribution in [0.25, 0.3) is 0 Å². The molecule has 28 heavy (non-hydrogen) atoms. The van der Waals surface area contributed by atoms with Gasteiger partial charge in [-0.3, -0.25) is 9.48 Å². The van der Waals surface area contributed by atoms with E-state index in [0.717, 1.165) is 45.4 Å². The highest BCUT2D eigenvalue weighted by molar-refractivity contribution is 6.02. The Labute approximate surface area is 163 Å². The van der Waals surface area contributed by atoms with Crippen LogP contribution in [0.1, 0.15) is 42.2 Å². The lowest BCUT2D eigenvalue weighted by atomic mass is 10.1. The number of amides is 1. The van der Waals surface area contributed by atoms with Crippen LogP contribution in [-0.4, -0.2) is 48.0 Å². The predicted octanol–water partition coefficient (Wildman–Crippen LogP) is 2.79. The van der Waals surface area contributed by atoms with Gasteiger partial charge in [0.2, 0.25) is 0 Å². The molecule has 4 rings (SSSR count). The van der Waals surface area contributed by atoms with E-state index < -0.39 is 5.82 Å². The molecule has 2 atom stereocenters. The van der Waals surface area contributed by atoms with Gasteiger partial charge in [0.05, 0.1) is 17.8 Å². The molecule has 2 fully saturated rings. The zero-order valence-electron chi connectivity index (χ0n) is 15.8. The Morgan fingerprint density at radius 2 is 2.25 bits per heavy atom. The second-order valence-corrected chi connectivity index (χ2v) is 7.35. The van der Waals surface area contributed by atoms with Crippen molar-refractivity contribution in [3.8, 4) is 0 Å². The van der Waals surface area contributed by atoms with E-state index in [-0.39, 0.29) is 18.1 Å². The van der Waals surface area contributed by atoms with E-state index >= 15 is 0 Å². The van der Waals surface area contributed by atoms with Crippen LogP contribution in [0.15, 0.2) is 30.5 Å². The largest absolute Gasteiger partial charge is 0.380 e. The van der Waals surface area contributed by atoms with Crippen molar-refractivity contribution in [3.05, 3.63) is 42.0 Å². The summed E-state index contributed by atoms with van der Waals surface area (Å²) >= 11 is 0. The number of rotatable bonds is 6. The summed E-state index contributed by atoms with van der Waals surface area (Å²) in [5.41, 5.74) is 1.13. The second kappa shape index (κ2) is 8.70. The van der Waals surface area contributed by atoms with Gasteiger partial charge in [0.15, 0.2) is 5.69 Å². The van der Waals surface area contributed by atoms with Crippen LogP contribution >= 0.6 is 0 Å². The quantitative estimate of drug-likeness (QED) is 0.710. The fourth-order valence-corrected chi connectivity index (χ4v) is 3.68. The number of benzene rings is 1. The molecule has 0 saturated carbocycles. The molecule has 2 aliphatic rings. The molecule has 8 heteroatoms. The van der Waals surface area contributed by atoms with Gasteiger partial charge in [-0.15, -0.1) is 0 Å². The summed E-state index contributed by atoms with van der Waals surface area (Å²) in [6.07, 6.45) is 6.14. The average Bonchev–Trinajstić information content (AvgIpc) is 3.40. The van der Waals surface area contributed by atoms with Gasteiger partial charge in [-0.05, 0) is 56.5 Å². The van der Waals surface area contributed by atoms with E-state index in [0.29, 0.717) is 23.6 Å². The molecule has 0 spiro atoms. The molecule has 0 radical (unpaired) electrons. The summed E-state index contributed by atoms with van der Waals surface area (Å²) < 4.78 is 21.7. The third-order valence-corrected chi connectivity index (χ3v) is 5.26. The molecule has 0 aliphatic carbocycles. The number of hydrogen-bond acceptors (Lipinski definition) is 5. The van der Waals surface area contributed by atoms with Crippen molar-refractivity contribution in [1.29, 1.82) is 0 Å². The summed E-state index contributed by atoms with van der Waals surface area (Å²) in [6.45, 7) is 3.23. The molecule has 1 amide bonds. The van der Waals surface area contributed by atoms with Crippen molar-refractivity contribution >= 4 is 17.3 Å². The normalized spacial score (nSPS) is 22.2. The van der Waals surface area contributed by atoms with E-state index in [1.165, 1.54) is 6.07 Å². The standard InChI is InChI=1S/C20H26FN5O2/c21-17-11-14(5-6-18(17)23-13-16-4-2-10-28-16)24-20(27)19-7-9-26(25-19)15-3-1-8-22-12-15/h5-7,9,11,15-16,22-23H,1-4,8,10,12-13H2,(H,24,27). The van der Waals surface area contributed by atoms with Gasteiger partial charge in [-0.1, -0.05) is 0 Å². The zero-order chi connectivity index (χ0) is 19.3. The fraction of sp³-hybridized carbons (Fsp3) is 0.500. The number of anilines is 2. The summed E-state index contributed by atoms with van der Waals surface area (Å²) in [6, 6.07) is 6.59. The predicted molar refractivity (Wildman–Crippen MR) is 105 cm³/mol. The van der Waals surface area contributed by atoms with E-state index in [1.54, 1.807) is 18.2 Å². The molecule has 2 unspecified atom stereocenters. The monoisotopic (exact) mass is 387 g/mol. The third-order valence-electron chi connectivity index (χ3n) is 5.26. The van der Waals surface area contributed by atoms with Crippen molar-refractivity contribution in [2.45, 2.75) is 37.8 Å². The summed E-state index contributed by atoms with van der Waals surface area (Å²) in [5, 5.41) is 13.5. The number of aromatic nitrogens is 2. The van der Waals surface area contributed by atoms with Crippen molar-refractivity contribution in [1.82, 2.24) is 15.1 Å². The number of carbonyl (C=O) groups is 1. The van der Waals surface area contributed by atoms with Crippen LogP contribution in [0.3, 0.4) is 0 Å². The minimum atomic E-state index is -0.408. The lowest BCUT2D eigenvalue weighted by molar-refractivity contribution is 0.102. The first-order valence-corrected chi connectivity index (χ1v) is 9.91. The fourth-order valence-electron chi connectivity index (χ4n) is 3.68. The maximum Gasteiger partial charge on any atom is 0.276 e. The molecule has 7 nitrogen and oxygen atoms in total. The molecule has 3 N–H and O–H groups in total. The Bertz CT molecular complexity index is 813. The van der Waals surface area contributed by atoms with Crippen LogP contribution in [-0.2, 0) is 4.74 Å². The molecule has 2 saturated heterocycles. The molecule has 2 aliphatic heterocycles. The smallest absolute Gasteiger partial charge is 0.276 e. The summed E-state index contributed by atoms with van der Waals surface area (Å²) in [4.78, 5) is 12.4. The van der Waals surface area contributed by atoms with Gasteiger partial charge in [0, 0.05) is 31.6 Å². The molecule has 0 bridgehead atoms. The van der Waals surface area contributed by atoms with Crippen molar-refractivity contribution in [2.24, 2.45) is 0 Å². The Balaban J connectivity index is 1.35. The number of ether oxygens (including phenoxy) is 1. The number of halogens is 1. The van der Waals surface area contributed by atoms with Gasteiger partial charge < -0.3 is 20.7 Å². The maximum atomic E-state index is 14.3. The molecule has 2 aromatic rings. The van der Waals surface area contributed by atoms with Crippen LogP contribution in [0.4, 0.5) is 15.8 Å². The number of piperidine rings is 1. The lowest BCUT2D eigenvalue weighted by Crippen LogP contribution is -2.32. The number of nitrogens with one attached hydrogen (secondary N) is 3. The van der Waals surface area contributed by atoms with Crippen molar-refractivity contribution in [3.63, 3.8) is 0 Å². The zero-order valence-corrected chi connectivity index (χ0v) is 15.8. The van der Waals surface area contributed by atoms with Gasteiger partial charge in [0.1, 0.15) is 5.82 Å². The van der Waals surface area contributed by atoms with Crippen LogP contribution in [0.5, 0.6) is 0 Å². The maximum absolute atomic E-state index is 14.3. The first-order valence-electron chi connectivity index (χ1n) is 9.91. The highest BCUT2D eigenvalue weighted by Crippen LogP contribution is 2.21. The Kier molecular flexibility index (Phi) is 5.87. The molecule has 3 heterocycles. The number of carbonyl (C=O) groups excluding carboxylic acids is 1. The van der Waals surface area contributed by atoms with Gasteiger partial charge in [-0.2, -0.15) is 5.10 Å². The third kappa shape index (κ3) is 4.51. The van der Waals surface area contributed by atoms with Gasteiger partial charge in [0.25, 0.3) is 5.91 Å². The Hall–Kier alpha value is -2.45. The van der Waals surface area contributed by atoms with Gasteiger partial charge in [-0.25, -0.2) is 4.39 Å². The minimum Gasteiger partial charge on any atom is -0.380 e. The van der Waals surface area contributed by atoms with E-state index in [2.05, 4.69) is 21.0 Å². The minimum absolute atomic E-state index is 0.133. The Morgan fingerprint density at radius 1 is 1.32 bits per heavy atom. The summed E-state index contributed by atoms with van der Waals surface area (Å²) in [5.74, 6) is -0.753. The van der Waals surface area contributed by atoms with Crippen LogP contribution in [0, 0.1) is 5.82 Å². The van der Waals surface area contributed by atoms with E-state index in [9.17, 15) is 9.18 Å². The van der Waals surface area contributed by atoms with Crippen LogP contribution in [0.2, 0.25) is 0 Å². The van der Waals surface area contributed by atoms with E-state index in [4.69, 9.17) is 4.74 Å². The average molecular weight is 387 g/mol. The van der Waals surface area contributed by atoms with Crippen LogP contribution < -0.4 is 16.0 Å². The molecular formula is C20H26FN5O2. The van der Waals surface area contributed by atoms with Crippen molar-refractivity contribution < 1.29 is 13.9 Å². The van der Waals surface area contributed by atoms with E-state index in [1.807, 2.05) is 10.9 Å². The molecular weight excluding hydrogens is 361 g/mol. The first-order chi connectivity index (χ1) is 13.7. The number of nitrogens with zero attached hydrogens (tertiary/aromatic N) is 2. The summed E-state index contributed by atoms with van der Waals surface area (Å²) in [7, 11) is 0.